The molecule has 0 radical (unpaired) electrons. The maximum atomic E-state index is 12.7. The van der Waals surface area contributed by atoms with Gasteiger partial charge in [0.1, 0.15) is 6.04 Å². The van der Waals surface area contributed by atoms with Crippen LogP contribution in [0.1, 0.15) is 38.4 Å². The summed E-state index contributed by atoms with van der Waals surface area (Å²) in [7, 11) is 1.46. The average Bonchev–Trinajstić information content (AvgIpc) is 3.39. The van der Waals surface area contributed by atoms with Crippen LogP contribution in [-0.4, -0.2) is 55.5 Å². The summed E-state index contributed by atoms with van der Waals surface area (Å²) in [5.41, 5.74) is 1.96. The lowest BCUT2D eigenvalue weighted by Gasteiger charge is -2.19. The molecule has 2 N–H and O–H groups in total. The fourth-order valence-electron chi connectivity index (χ4n) is 3.32. The zero-order valence-corrected chi connectivity index (χ0v) is 18.4. The smallest absolute Gasteiger partial charge is 0.262 e. The Morgan fingerprint density at radius 2 is 1.93 bits per heavy atom. The van der Waals surface area contributed by atoms with Gasteiger partial charge in [-0.05, 0) is 55.7 Å². The van der Waals surface area contributed by atoms with E-state index in [9.17, 15) is 14.4 Å². The lowest BCUT2D eigenvalue weighted by Crippen LogP contribution is -2.46. The molecule has 1 aromatic carbocycles. The highest BCUT2D eigenvalue weighted by molar-refractivity contribution is 7.18. The normalized spacial score (nSPS) is 14.4. The van der Waals surface area contributed by atoms with E-state index in [-0.39, 0.29) is 12.5 Å². The number of carbonyl (C=O) groups is 3. The van der Waals surface area contributed by atoms with E-state index < -0.39 is 17.9 Å². The topological polar surface area (TPSA) is 87.7 Å². The summed E-state index contributed by atoms with van der Waals surface area (Å²) in [6, 6.07) is 7.52. The highest BCUT2D eigenvalue weighted by atomic mass is 35.5. The maximum absolute atomic E-state index is 12.7. The average molecular weight is 450 g/mol. The lowest BCUT2D eigenvalue weighted by atomic mass is 10.1. The van der Waals surface area contributed by atoms with Crippen molar-refractivity contribution < 1.29 is 19.1 Å². The van der Waals surface area contributed by atoms with Crippen molar-refractivity contribution in [1.82, 2.24) is 10.2 Å². The molecule has 2 heterocycles. The predicted octanol–water partition coefficient (Wildman–Crippen LogP) is 3.33. The first-order valence-corrected chi connectivity index (χ1v) is 10.8. The maximum Gasteiger partial charge on any atom is 0.262 e. The van der Waals surface area contributed by atoms with Crippen molar-refractivity contribution in [3.05, 3.63) is 50.7 Å². The second-order valence-electron chi connectivity index (χ2n) is 7.10. The van der Waals surface area contributed by atoms with Gasteiger partial charge in [-0.25, -0.2) is 0 Å². The van der Waals surface area contributed by atoms with Gasteiger partial charge in [0, 0.05) is 31.5 Å². The van der Waals surface area contributed by atoms with Crippen molar-refractivity contribution >= 4 is 46.3 Å². The summed E-state index contributed by atoms with van der Waals surface area (Å²) >= 11 is 7.00. The van der Waals surface area contributed by atoms with Gasteiger partial charge in [0.25, 0.3) is 11.8 Å². The van der Waals surface area contributed by atoms with Crippen molar-refractivity contribution in [3.8, 4) is 0 Å². The molecule has 0 bridgehead atoms. The van der Waals surface area contributed by atoms with Crippen molar-refractivity contribution in [2.24, 2.45) is 0 Å². The van der Waals surface area contributed by atoms with Crippen LogP contribution in [0.2, 0.25) is 4.34 Å². The fraction of sp³-hybridized carbons (Fsp3) is 0.381. The van der Waals surface area contributed by atoms with Gasteiger partial charge in [0.05, 0.1) is 15.8 Å². The number of ether oxygens (including phenoxy) is 1. The van der Waals surface area contributed by atoms with Crippen molar-refractivity contribution in [2.45, 2.75) is 25.8 Å². The third kappa shape index (κ3) is 5.38. The van der Waals surface area contributed by atoms with Gasteiger partial charge in [0.15, 0.2) is 0 Å². The fourth-order valence-corrected chi connectivity index (χ4v) is 4.26. The number of anilines is 1. The molecular formula is C21H24ClN3O4S. The highest BCUT2D eigenvalue weighted by Crippen LogP contribution is 2.22. The number of rotatable bonds is 7. The summed E-state index contributed by atoms with van der Waals surface area (Å²) in [6.45, 7) is 3.42. The van der Waals surface area contributed by atoms with Crippen LogP contribution in [0.25, 0.3) is 0 Å². The van der Waals surface area contributed by atoms with E-state index in [4.69, 9.17) is 16.3 Å². The Labute approximate surface area is 184 Å². The van der Waals surface area contributed by atoms with Gasteiger partial charge in [-0.3, -0.25) is 14.4 Å². The number of nitrogens with zero attached hydrogens (tertiary/aromatic N) is 1. The monoisotopic (exact) mass is 449 g/mol. The third-order valence-electron chi connectivity index (χ3n) is 4.87. The largest absolute Gasteiger partial charge is 0.382 e. The first-order valence-electron chi connectivity index (χ1n) is 9.65. The molecule has 0 aliphatic carbocycles. The van der Waals surface area contributed by atoms with Gasteiger partial charge in [0.2, 0.25) is 5.91 Å². The molecule has 1 fully saturated rings. The van der Waals surface area contributed by atoms with E-state index in [1.807, 2.05) is 11.8 Å². The predicted molar refractivity (Wildman–Crippen MR) is 117 cm³/mol. The van der Waals surface area contributed by atoms with Crippen LogP contribution in [0.5, 0.6) is 0 Å². The minimum Gasteiger partial charge on any atom is -0.382 e. The third-order valence-corrected chi connectivity index (χ3v) is 6.10. The molecule has 0 unspecified atom stereocenters. The molecule has 1 aliphatic heterocycles. The molecule has 1 aliphatic rings. The van der Waals surface area contributed by atoms with Gasteiger partial charge in [-0.1, -0.05) is 11.6 Å². The molecule has 30 heavy (non-hydrogen) atoms. The van der Waals surface area contributed by atoms with Crippen LogP contribution in [0, 0.1) is 6.92 Å². The Kier molecular flexibility index (Phi) is 7.47. The second-order valence-corrected chi connectivity index (χ2v) is 8.82. The molecular weight excluding hydrogens is 426 g/mol. The number of hydrogen-bond donors (Lipinski definition) is 2. The van der Waals surface area contributed by atoms with E-state index in [1.165, 1.54) is 7.11 Å². The number of amides is 3. The number of likely N-dealkylation sites (tertiary alicyclic amines) is 1. The van der Waals surface area contributed by atoms with Gasteiger partial charge in [-0.15, -0.1) is 11.3 Å². The van der Waals surface area contributed by atoms with E-state index in [0.29, 0.717) is 20.5 Å². The molecule has 0 saturated carbocycles. The molecule has 9 heteroatoms. The standard InChI is InChI=1S/C21H24ClN3O4S/c1-13-11-14(5-6-15(13)21(28)25-9-3-4-10-25)23-19(26)16(12-29-2)24-20(27)17-7-8-18(22)30-17/h5-8,11,16H,3-4,9-10,12H2,1-2H3,(H,23,26)(H,24,27)/t16-/m1/s1. The number of carbonyl (C=O) groups excluding carboxylic acids is 3. The zero-order chi connectivity index (χ0) is 21.7. The molecule has 1 aromatic heterocycles. The Morgan fingerprint density at radius 3 is 2.53 bits per heavy atom. The van der Waals surface area contributed by atoms with Crippen LogP contribution in [-0.2, 0) is 9.53 Å². The van der Waals surface area contributed by atoms with Crippen LogP contribution >= 0.6 is 22.9 Å². The van der Waals surface area contributed by atoms with E-state index in [1.54, 1.807) is 30.3 Å². The number of halogens is 1. The first-order chi connectivity index (χ1) is 14.4. The SMILES string of the molecule is COC[C@@H](NC(=O)c1ccc(Cl)s1)C(=O)Nc1ccc(C(=O)N2CCCC2)c(C)c1. The Bertz CT molecular complexity index is 940. The Balaban J connectivity index is 1.67. The summed E-state index contributed by atoms with van der Waals surface area (Å²) in [4.78, 5) is 40.0. The second kappa shape index (κ2) is 10.1. The Hall–Kier alpha value is -2.42. The molecule has 3 rings (SSSR count). The zero-order valence-electron chi connectivity index (χ0n) is 16.9. The van der Waals surface area contributed by atoms with E-state index in [0.717, 1.165) is 42.8 Å². The Morgan fingerprint density at radius 1 is 1.20 bits per heavy atom. The summed E-state index contributed by atoms with van der Waals surface area (Å²) in [5, 5.41) is 5.45. The molecule has 1 atom stereocenters. The van der Waals surface area contributed by atoms with E-state index in [2.05, 4.69) is 10.6 Å². The minimum absolute atomic E-state index is 0.0151. The van der Waals surface area contributed by atoms with Crippen molar-refractivity contribution in [2.75, 3.05) is 32.1 Å². The van der Waals surface area contributed by atoms with Gasteiger partial charge >= 0.3 is 0 Å². The van der Waals surface area contributed by atoms with E-state index >= 15 is 0 Å². The number of nitrogens with one attached hydrogen (secondary N) is 2. The first kappa shape index (κ1) is 22.3. The molecule has 0 spiro atoms. The van der Waals surface area contributed by atoms with Crippen LogP contribution in [0.15, 0.2) is 30.3 Å². The van der Waals surface area contributed by atoms with Crippen molar-refractivity contribution in [1.29, 1.82) is 0 Å². The number of hydrogen-bond acceptors (Lipinski definition) is 5. The number of methoxy groups -OCH3 is 1. The van der Waals surface area contributed by atoms with Crippen LogP contribution < -0.4 is 10.6 Å². The van der Waals surface area contributed by atoms with Crippen LogP contribution in [0.4, 0.5) is 5.69 Å². The summed E-state index contributed by atoms with van der Waals surface area (Å²) in [5.74, 6) is -0.792. The quantitative estimate of drug-likeness (QED) is 0.678. The van der Waals surface area contributed by atoms with Crippen molar-refractivity contribution in [3.63, 3.8) is 0 Å². The highest BCUT2D eigenvalue weighted by Gasteiger charge is 2.24. The molecule has 3 amide bonds. The summed E-state index contributed by atoms with van der Waals surface area (Å²) < 4.78 is 5.58. The summed E-state index contributed by atoms with van der Waals surface area (Å²) in [6.07, 6.45) is 2.06. The number of benzene rings is 1. The minimum atomic E-state index is -0.880. The van der Waals surface area contributed by atoms with Crippen LogP contribution in [0.3, 0.4) is 0 Å². The molecule has 1 saturated heterocycles. The number of aryl methyl sites for hydroxylation is 1. The molecule has 2 aromatic rings. The molecule has 160 valence electrons. The lowest BCUT2D eigenvalue weighted by molar-refractivity contribution is -0.119. The van der Waals surface area contributed by atoms with Gasteiger partial charge < -0.3 is 20.3 Å². The van der Waals surface area contributed by atoms with Gasteiger partial charge in [-0.2, -0.15) is 0 Å². The molecule has 7 nitrogen and oxygen atoms in total. The number of thiophene rings is 1.